The summed E-state index contributed by atoms with van der Waals surface area (Å²) in [6.07, 6.45) is -11.1. The zero-order valence-corrected chi connectivity index (χ0v) is 36.2. The zero-order valence-electron chi connectivity index (χ0n) is 34.7. The predicted molar refractivity (Wildman–Crippen MR) is 227 cm³/mol. The van der Waals surface area contributed by atoms with E-state index in [0.29, 0.717) is 47.2 Å². The Labute approximate surface area is 362 Å². The second-order valence-corrected chi connectivity index (χ2v) is 16.2. The van der Waals surface area contributed by atoms with Crippen molar-refractivity contribution in [1.82, 2.24) is 0 Å². The molecule has 60 heavy (non-hydrogen) atoms. The standard InChI is InChI=1S/2C23H29ClO6/c2*1-4-28-17-8-5-14(6-9-17)11-16-12-15(7-10-18(16)24)22-20(26)19(25)21(27)23(30-22)29-13(2)3/h2*5-10,12-13,19-23,25-27H,4,11H2,1-3H3/t19-,20-,21+,22+,23+;19-,20-,21+,22+,23-/m11/s1. The maximum atomic E-state index is 10.5. The molecule has 6 rings (SSSR count). The number of benzene rings is 4. The highest BCUT2D eigenvalue weighted by Crippen LogP contribution is 2.37. The topological polar surface area (TPSA) is 177 Å². The monoisotopic (exact) mass is 872 g/mol. The van der Waals surface area contributed by atoms with Crippen LogP contribution in [-0.2, 0) is 31.8 Å². The molecule has 4 aromatic carbocycles. The molecule has 0 radical (unpaired) electrons. The molecule has 0 spiro atoms. The molecule has 14 heteroatoms. The average Bonchev–Trinajstić information content (AvgIpc) is 3.21. The van der Waals surface area contributed by atoms with Crippen molar-refractivity contribution < 1.29 is 59.1 Å². The number of aliphatic hydroxyl groups is 6. The third kappa shape index (κ3) is 12.4. The van der Waals surface area contributed by atoms with E-state index in [4.69, 9.17) is 51.6 Å². The molecule has 2 fully saturated rings. The van der Waals surface area contributed by atoms with Crippen molar-refractivity contribution in [1.29, 1.82) is 0 Å². The van der Waals surface area contributed by atoms with E-state index < -0.39 is 61.4 Å². The molecule has 0 saturated carbocycles. The van der Waals surface area contributed by atoms with Crippen LogP contribution in [0.2, 0.25) is 10.0 Å². The summed E-state index contributed by atoms with van der Waals surface area (Å²) in [5, 5.41) is 63.1. The number of hydrogen-bond donors (Lipinski definition) is 6. The SMILES string of the molecule is CCOc1ccc(Cc2cc([C@@H]3O[C@@H](OC(C)C)[C@@H](O)[C@H](O)[C@H]3O)ccc2Cl)cc1.CCOc1ccc(Cc2cc([C@@H]3O[C@H](OC(C)C)[C@@H](O)[C@H](O)[C@H]3O)ccc2Cl)cc1. The van der Waals surface area contributed by atoms with Gasteiger partial charge in [0, 0.05) is 10.0 Å². The summed E-state index contributed by atoms with van der Waals surface area (Å²) < 4.78 is 33.7. The van der Waals surface area contributed by atoms with E-state index >= 15 is 0 Å². The summed E-state index contributed by atoms with van der Waals surface area (Å²) in [6.45, 7) is 12.3. The molecule has 4 aromatic rings. The summed E-state index contributed by atoms with van der Waals surface area (Å²) in [6, 6.07) is 26.2. The number of aliphatic hydroxyl groups excluding tert-OH is 6. The van der Waals surface area contributed by atoms with Crippen LogP contribution in [0.5, 0.6) is 11.5 Å². The van der Waals surface area contributed by atoms with Gasteiger partial charge in [0.05, 0.1) is 25.4 Å². The third-order valence-electron chi connectivity index (χ3n) is 10.0. The van der Waals surface area contributed by atoms with Gasteiger partial charge in [-0.25, -0.2) is 0 Å². The molecule has 2 aliphatic rings. The zero-order chi connectivity index (χ0) is 43.7. The second kappa shape index (κ2) is 22.1. The van der Waals surface area contributed by atoms with E-state index in [9.17, 15) is 30.6 Å². The van der Waals surface area contributed by atoms with Gasteiger partial charge in [0.25, 0.3) is 0 Å². The minimum atomic E-state index is -1.39. The van der Waals surface area contributed by atoms with Crippen LogP contribution >= 0.6 is 23.2 Å². The minimum Gasteiger partial charge on any atom is -0.494 e. The Hall–Kier alpha value is -3.34. The molecule has 2 aliphatic heterocycles. The van der Waals surface area contributed by atoms with Gasteiger partial charge in [-0.1, -0.05) is 71.7 Å². The maximum absolute atomic E-state index is 10.5. The average molecular weight is 874 g/mol. The van der Waals surface area contributed by atoms with Gasteiger partial charge in [0.1, 0.15) is 60.3 Å². The predicted octanol–water partition coefficient (Wildman–Crippen LogP) is 6.47. The van der Waals surface area contributed by atoms with Gasteiger partial charge in [-0.2, -0.15) is 0 Å². The Bertz CT molecular complexity index is 1790. The van der Waals surface area contributed by atoms with Crippen molar-refractivity contribution in [3.63, 3.8) is 0 Å². The van der Waals surface area contributed by atoms with Crippen molar-refractivity contribution in [3.8, 4) is 11.5 Å². The first-order valence-corrected chi connectivity index (χ1v) is 21.1. The molecule has 0 amide bonds. The Balaban J connectivity index is 0.000000228. The summed E-state index contributed by atoms with van der Waals surface area (Å²) in [5.74, 6) is 1.62. The molecule has 0 aromatic heterocycles. The quantitative estimate of drug-likeness (QED) is 0.0816. The number of halogens is 2. The molecule has 2 saturated heterocycles. The molecule has 0 unspecified atom stereocenters. The van der Waals surface area contributed by atoms with Crippen molar-refractivity contribution in [2.45, 2.75) is 128 Å². The Morgan fingerprint density at radius 2 is 0.850 bits per heavy atom. The molecule has 0 aliphatic carbocycles. The van der Waals surface area contributed by atoms with Crippen molar-refractivity contribution in [2.24, 2.45) is 0 Å². The van der Waals surface area contributed by atoms with Crippen LogP contribution in [0, 0.1) is 0 Å². The van der Waals surface area contributed by atoms with Gasteiger partial charge in [0.15, 0.2) is 12.6 Å². The molecule has 10 atom stereocenters. The van der Waals surface area contributed by atoms with E-state index in [1.165, 1.54) is 0 Å². The van der Waals surface area contributed by atoms with Gasteiger partial charge in [-0.05, 0) is 124 Å². The molecular weight excluding hydrogens is 815 g/mol. The number of hydrogen-bond acceptors (Lipinski definition) is 12. The summed E-state index contributed by atoms with van der Waals surface area (Å²) >= 11 is 12.8. The second-order valence-electron chi connectivity index (χ2n) is 15.4. The van der Waals surface area contributed by atoms with E-state index in [0.717, 1.165) is 33.8 Å². The number of ether oxygens (including phenoxy) is 6. The van der Waals surface area contributed by atoms with Crippen LogP contribution in [0.25, 0.3) is 0 Å². The van der Waals surface area contributed by atoms with Crippen LogP contribution in [0.4, 0.5) is 0 Å². The van der Waals surface area contributed by atoms with E-state index in [1.54, 1.807) is 52.0 Å². The Morgan fingerprint density at radius 3 is 1.17 bits per heavy atom. The summed E-state index contributed by atoms with van der Waals surface area (Å²) in [5.41, 5.74) is 5.12. The van der Waals surface area contributed by atoms with Gasteiger partial charge in [-0.15, -0.1) is 0 Å². The lowest BCUT2D eigenvalue weighted by Crippen LogP contribution is -2.55. The normalized spacial score (nSPS) is 26.7. The van der Waals surface area contributed by atoms with Crippen molar-refractivity contribution in [2.75, 3.05) is 13.2 Å². The molecular formula is C46H58Cl2O12. The lowest BCUT2D eigenvalue weighted by Gasteiger charge is -2.41. The van der Waals surface area contributed by atoms with Gasteiger partial charge < -0.3 is 59.1 Å². The van der Waals surface area contributed by atoms with E-state index in [2.05, 4.69) is 0 Å². The smallest absolute Gasteiger partial charge is 0.187 e. The first-order chi connectivity index (χ1) is 28.6. The first kappa shape index (κ1) is 47.7. The first-order valence-electron chi connectivity index (χ1n) is 20.3. The molecule has 6 N–H and O–H groups in total. The highest BCUT2D eigenvalue weighted by atomic mass is 35.5. The molecule has 2 heterocycles. The van der Waals surface area contributed by atoms with Crippen molar-refractivity contribution >= 4 is 23.2 Å². The largest absolute Gasteiger partial charge is 0.494 e. The Kier molecular flexibility index (Phi) is 17.6. The lowest BCUT2D eigenvalue weighted by molar-refractivity contribution is -0.307. The van der Waals surface area contributed by atoms with Crippen LogP contribution in [0.15, 0.2) is 84.9 Å². The van der Waals surface area contributed by atoms with Crippen molar-refractivity contribution in [3.05, 3.63) is 128 Å². The van der Waals surface area contributed by atoms with Crippen LogP contribution < -0.4 is 9.47 Å². The fourth-order valence-electron chi connectivity index (χ4n) is 7.00. The number of rotatable bonds is 14. The molecule has 328 valence electrons. The minimum absolute atomic E-state index is 0.215. The molecule has 0 bridgehead atoms. The maximum Gasteiger partial charge on any atom is 0.187 e. The summed E-state index contributed by atoms with van der Waals surface area (Å²) in [4.78, 5) is 0. The fraction of sp³-hybridized carbons (Fsp3) is 0.478. The summed E-state index contributed by atoms with van der Waals surface area (Å²) in [7, 11) is 0. The molecule has 12 nitrogen and oxygen atoms in total. The van der Waals surface area contributed by atoms with E-state index in [-0.39, 0.29) is 12.2 Å². The van der Waals surface area contributed by atoms with Crippen LogP contribution in [-0.4, -0.2) is 105 Å². The third-order valence-corrected chi connectivity index (χ3v) is 10.7. The highest BCUT2D eigenvalue weighted by Gasteiger charge is 2.46. The van der Waals surface area contributed by atoms with Crippen LogP contribution in [0.1, 0.15) is 87.1 Å². The van der Waals surface area contributed by atoms with Crippen LogP contribution in [0.3, 0.4) is 0 Å². The Morgan fingerprint density at radius 1 is 0.500 bits per heavy atom. The lowest BCUT2D eigenvalue weighted by atomic mass is 9.92. The van der Waals surface area contributed by atoms with Gasteiger partial charge in [0.2, 0.25) is 0 Å². The van der Waals surface area contributed by atoms with Gasteiger partial charge >= 0.3 is 0 Å². The van der Waals surface area contributed by atoms with Gasteiger partial charge in [-0.3, -0.25) is 0 Å². The highest BCUT2D eigenvalue weighted by molar-refractivity contribution is 6.31. The van der Waals surface area contributed by atoms with E-state index in [1.807, 2.05) is 74.5 Å². The fourth-order valence-corrected chi connectivity index (χ4v) is 7.37.